The maximum absolute atomic E-state index is 12.2. The molecule has 1 N–H and O–H groups in total. The minimum Gasteiger partial charge on any atom is -0.479 e. The van der Waals surface area contributed by atoms with E-state index in [0.29, 0.717) is 11.0 Å². The summed E-state index contributed by atoms with van der Waals surface area (Å²) in [4.78, 5) is 19.3. The van der Waals surface area contributed by atoms with Gasteiger partial charge in [-0.3, -0.25) is 4.98 Å². The van der Waals surface area contributed by atoms with E-state index < -0.39 is 17.7 Å². The number of piperidine rings is 1. The maximum Gasteiger partial charge on any atom is 0.337 e. The highest BCUT2D eigenvalue weighted by Crippen LogP contribution is 2.41. The van der Waals surface area contributed by atoms with E-state index in [2.05, 4.69) is 23.7 Å². The lowest BCUT2D eigenvalue weighted by Crippen LogP contribution is -2.39. The standard InChI is InChI=1S/C23H36N2O3/c1-9-10-17-15(2)24-16(3)18(20(21(26)27)28-22(4,5)6)19(17)25-13-11-23(7,8)12-14-25/h9-10,20H,11-14H2,1-8H3,(H,26,27)/b10-9+/t20-/m0/s1. The van der Waals surface area contributed by atoms with Gasteiger partial charge < -0.3 is 14.7 Å². The van der Waals surface area contributed by atoms with Gasteiger partial charge in [-0.1, -0.05) is 26.0 Å². The Hall–Kier alpha value is -1.88. The van der Waals surface area contributed by atoms with Crippen molar-refractivity contribution >= 4 is 17.7 Å². The van der Waals surface area contributed by atoms with Crippen LogP contribution >= 0.6 is 0 Å². The average Bonchev–Trinajstić information content (AvgIpc) is 2.54. The van der Waals surface area contributed by atoms with Crippen LogP contribution in [0.1, 0.15) is 83.0 Å². The van der Waals surface area contributed by atoms with Crippen LogP contribution in [0.2, 0.25) is 0 Å². The van der Waals surface area contributed by atoms with Gasteiger partial charge in [-0.25, -0.2) is 4.79 Å². The molecule has 0 unspecified atom stereocenters. The van der Waals surface area contributed by atoms with Gasteiger partial charge in [-0.05, 0) is 59.8 Å². The second-order valence-corrected chi connectivity index (χ2v) is 9.56. The van der Waals surface area contributed by atoms with E-state index >= 15 is 0 Å². The fourth-order valence-electron chi connectivity index (χ4n) is 3.80. The van der Waals surface area contributed by atoms with E-state index in [1.165, 1.54) is 0 Å². The third-order valence-corrected chi connectivity index (χ3v) is 5.35. The molecular formula is C23H36N2O3. The Balaban J connectivity index is 2.69. The second-order valence-electron chi connectivity index (χ2n) is 9.56. The number of ether oxygens (including phenoxy) is 1. The number of aromatic nitrogens is 1. The first-order valence-electron chi connectivity index (χ1n) is 10.2. The van der Waals surface area contributed by atoms with Crippen molar-refractivity contribution in [1.82, 2.24) is 4.98 Å². The molecule has 1 aromatic heterocycles. The number of aryl methyl sites for hydroxylation is 2. The molecule has 1 aliphatic heterocycles. The van der Waals surface area contributed by atoms with Crippen molar-refractivity contribution in [1.29, 1.82) is 0 Å². The molecular weight excluding hydrogens is 352 g/mol. The van der Waals surface area contributed by atoms with Crippen LogP contribution in [0.25, 0.3) is 6.08 Å². The van der Waals surface area contributed by atoms with Crippen LogP contribution in [-0.4, -0.2) is 34.8 Å². The molecule has 2 heterocycles. The first kappa shape index (κ1) is 22.4. The Kier molecular flexibility index (Phi) is 6.59. The molecule has 0 saturated carbocycles. The van der Waals surface area contributed by atoms with Gasteiger partial charge >= 0.3 is 5.97 Å². The molecule has 1 atom stereocenters. The lowest BCUT2D eigenvalue weighted by molar-refractivity contribution is -0.160. The summed E-state index contributed by atoms with van der Waals surface area (Å²) in [6.07, 6.45) is 5.11. The number of rotatable bonds is 5. The van der Waals surface area contributed by atoms with Crippen LogP contribution in [0.4, 0.5) is 5.69 Å². The van der Waals surface area contributed by atoms with Gasteiger partial charge in [0.1, 0.15) is 0 Å². The summed E-state index contributed by atoms with van der Waals surface area (Å²) in [6, 6.07) is 0. The predicted molar refractivity (Wildman–Crippen MR) is 115 cm³/mol. The van der Waals surface area contributed by atoms with Gasteiger partial charge in [-0.2, -0.15) is 0 Å². The lowest BCUT2D eigenvalue weighted by Gasteiger charge is -2.41. The Morgan fingerprint density at radius 3 is 2.25 bits per heavy atom. The molecule has 0 amide bonds. The molecule has 2 rings (SSSR count). The normalized spacial score (nSPS) is 18.5. The fraction of sp³-hybridized carbons (Fsp3) is 0.652. The summed E-state index contributed by atoms with van der Waals surface area (Å²) in [6.45, 7) is 17.9. The number of carboxylic acids is 1. The maximum atomic E-state index is 12.2. The van der Waals surface area contributed by atoms with E-state index in [1.807, 2.05) is 53.7 Å². The van der Waals surface area contributed by atoms with Crippen molar-refractivity contribution < 1.29 is 14.6 Å². The number of carbonyl (C=O) groups is 1. The highest BCUT2D eigenvalue weighted by Gasteiger charge is 2.35. The smallest absolute Gasteiger partial charge is 0.337 e. The summed E-state index contributed by atoms with van der Waals surface area (Å²) in [5, 5.41) is 10.0. The molecule has 5 nitrogen and oxygen atoms in total. The molecule has 0 spiro atoms. The highest BCUT2D eigenvalue weighted by molar-refractivity contribution is 5.82. The molecule has 28 heavy (non-hydrogen) atoms. The van der Waals surface area contributed by atoms with Gasteiger partial charge in [0.2, 0.25) is 0 Å². The third-order valence-electron chi connectivity index (χ3n) is 5.35. The summed E-state index contributed by atoms with van der Waals surface area (Å²) < 4.78 is 6.02. The average molecular weight is 389 g/mol. The third kappa shape index (κ3) is 5.13. The number of hydrogen-bond acceptors (Lipinski definition) is 4. The minimum absolute atomic E-state index is 0.308. The van der Waals surface area contributed by atoms with E-state index in [1.54, 1.807) is 0 Å². The largest absolute Gasteiger partial charge is 0.479 e. The van der Waals surface area contributed by atoms with Crippen molar-refractivity contribution in [2.45, 2.75) is 79.9 Å². The zero-order chi connectivity index (χ0) is 21.3. The monoisotopic (exact) mass is 388 g/mol. The highest BCUT2D eigenvalue weighted by atomic mass is 16.5. The fourth-order valence-corrected chi connectivity index (χ4v) is 3.80. The van der Waals surface area contributed by atoms with Gasteiger partial charge in [-0.15, -0.1) is 0 Å². The Morgan fingerprint density at radius 1 is 1.21 bits per heavy atom. The van der Waals surface area contributed by atoms with Crippen molar-refractivity contribution in [3.63, 3.8) is 0 Å². The Bertz CT molecular complexity index is 750. The van der Waals surface area contributed by atoms with Crippen LogP contribution in [0, 0.1) is 19.3 Å². The number of hydrogen-bond donors (Lipinski definition) is 1. The van der Waals surface area contributed by atoms with Gasteiger partial charge in [0.05, 0.1) is 11.3 Å². The SMILES string of the molecule is C/C=C/c1c(C)nc(C)c([C@H](OC(C)(C)C)C(=O)O)c1N1CCC(C)(C)CC1. The summed E-state index contributed by atoms with van der Waals surface area (Å²) in [5.74, 6) is -0.978. The van der Waals surface area contributed by atoms with Gasteiger partial charge in [0, 0.05) is 35.6 Å². The van der Waals surface area contributed by atoms with Crippen molar-refractivity contribution in [2.75, 3.05) is 18.0 Å². The number of anilines is 1. The minimum atomic E-state index is -1.05. The topological polar surface area (TPSA) is 62.7 Å². The number of allylic oxidation sites excluding steroid dienone is 1. The van der Waals surface area contributed by atoms with Crippen LogP contribution in [0.5, 0.6) is 0 Å². The molecule has 1 aliphatic rings. The summed E-state index contributed by atoms with van der Waals surface area (Å²) >= 11 is 0. The molecule has 156 valence electrons. The Morgan fingerprint density at radius 2 is 1.79 bits per heavy atom. The van der Waals surface area contributed by atoms with E-state index in [4.69, 9.17) is 4.74 Å². The Labute approximate surface area is 169 Å². The molecule has 0 aromatic carbocycles. The van der Waals surface area contributed by atoms with Gasteiger partial charge in [0.25, 0.3) is 0 Å². The predicted octanol–water partition coefficient (Wildman–Crippen LogP) is 5.30. The number of aliphatic carboxylic acids is 1. The van der Waals surface area contributed by atoms with E-state index in [-0.39, 0.29) is 0 Å². The van der Waals surface area contributed by atoms with Crippen LogP contribution in [0.3, 0.4) is 0 Å². The molecule has 0 aliphatic carbocycles. The number of carboxylic acid groups (broad SMARTS) is 1. The molecule has 1 saturated heterocycles. The zero-order valence-electron chi connectivity index (χ0n) is 18.7. The number of nitrogens with zero attached hydrogens (tertiary/aromatic N) is 2. The summed E-state index contributed by atoms with van der Waals surface area (Å²) in [5.41, 5.74) is 4.01. The summed E-state index contributed by atoms with van der Waals surface area (Å²) in [7, 11) is 0. The molecule has 1 fully saturated rings. The molecule has 1 aromatic rings. The quantitative estimate of drug-likeness (QED) is 0.742. The second kappa shape index (κ2) is 8.24. The van der Waals surface area contributed by atoms with E-state index in [0.717, 1.165) is 48.6 Å². The van der Waals surface area contributed by atoms with Crippen molar-refractivity contribution in [3.8, 4) is 0 Å². The van der Waals surface area contributed by atoms with Gasteiger partial charge in [0.15, 0.2) is 6.10 Å². The lowest BCUT2D eigenvalue weighted by atomic mass is 9.82. The molecule has 5 heteroatoms. The zero-order valence-corrected chi connectivity index (χ0v) is 18.7. The first-order valence-corrected chi connectivity index (χ1v) is 10.2. The molecule has 0 radical (unpaired) electrons. The number of pyridine rings is 1. The van der Waals surface area contributed by atoms with Crippen molar-refractivity contribution in [3.05, 3.63) is 28.6 Å². The molecule has 0 bridgehead atoms. The van der Waals surface area contributed by atoms with Crippen LogP contribution in [-0.2, 0) is 9.53 Å². The van der Waals surface area contributed by atoms with Crippen LogP contribution in [0.15, 0.2) is 6.08 Å². The van der Waals surface area contributed by atoms with Crippen molar-refractivity contribution in [2.24, 2.45) is 5.41 Å². The first-order chi connectivity index (χ1) is 12.9. The van der Waals surface area contributed by atoms with E-state index in [9.17, 15) is 9.90 Å². The van der Waals surface area contributed by atoms with Crippen LogP contribution < -0.4 is 4.90 Å².